The molecule has 2 aliphatic rings. The minimum absolute atomic E-state index is 0.269. The smallest absolute Gasteiger partial charge is 0.215 e. The first kappa shape index (κ1) is 13.3. The van der Waals surface area contributed by atoms with E-state index in [2.05, 4.69) is 10.0 Å². The van der Waals surface area contributed by atoms with E-state index in [-0.39, 0.29) is 5.25 Å². The highest BCUT2D eigenvalue weighted by Gasteiger charge is 2.28. The molecule has 0 aromatic rings. The summed E-state index contributed by atoms with van der Waals surface area (Å²) >= 11 is 0. The summed E-state index contributed by atoms with van der Waals surface area (Å²) in [6.07, 6.45) is 5.79. The van der Waals surface area contributed by atoms with Gasteiger partial charge >= 0.3 is 0 Å². The second-order valence-corrected chi connectivity index (χ2v) is 6.88. The van der Waals surface area contributed by atoms with Crippen LogP contribution in [0.3, 0.4) is 0 Å². The zero-order chi connectivity index (χ0) is 12.1. The molecular formula is C11H22N2O3S. The monoisotopic (exact) mass is 262 g/mol. The summed E-state index contributed by atoms with van der Waals surface area (Å²) in [6, 6.07) is 0. The van der Waals surface area contributed by atoms with Gasteiger partial charge in [-0.1, -0.05) is 12.8 Å². The van der Waals surface area contributed by atoms with Crippen LogP contribution in [0, 0.1) is 0 Å². The van der Waals surface area contributed by atoms with Gasteiger partial charge in [0.25, 0.3) is 0 Å². The van der Waals surface area contributed by atoms with Gasteiger partial charge in [-0.3, -0.25) is 0 Å². The first-order valence-corrected chi connectivity index (χ1v) is 8.04. The molecule has 1 aliphatic heterocycles. The van der Waals surface area contributed by atoms with Gasteiger partial charge in [0, 0.05) is 13.1 Å². The molecule has 0 amide bonds. The maximum Gasteiger partial charge on any atom is 0.215 e. The molecule has 1 saturated heterocycles. The zero-order valence-electron chi connectivity index (χ0n) is 10.2. The SMILES string of the molecule is O=S(=O)(NCCOC1CCCC1)C1CCNC1. The zero-order valence-corrected chi connectivity index (χ0v) is 11.0. The molecule has 2 N–H and O–H groups in total. The second kappa shape index (κ2) is 6.13. The fourth-order valence-electron chi connectivity index (χ4n) is 2.48. The average Bonchev–Trinajstić information content (AvgIpc) is 2.97. The Morgan fingerprint density at radius 2 is 2.00 bits per heavy atom. The van der Waals surface area contributed by atoms with E-state index in [0.717, 1.165) is 19.4 Å². The topological polar surface area (TPSA) is 67.4 Å². The summed E-state index contributed by atoms with van der Waals surface area (Å²) in [5.41, 5.74) is 0. The largest absolute Gasteiger partial charge is 0.377 e. The molecule has 0 radical (unpaired) electrons. The van der Waals surface area contributed by atoms with Gasteiger partial charge < -0.3 is 10.1 Å². The third-order valence-electron chi connectivity index (χ3n) is 3.51. The molecule has 0 spiro atoms. The minimum Gasteiger partial charge on any atom is -0.377 e. The summed E-state index contributed by atoms with van der Waals surface area (Å²) < 4.78 is 31.9. The first-order valence-electron chi connectivity index (χ1n) is 6.49. The Bertz CT molecular complexity index is 320. The number of nitrogens with one attached hydrogen (secondary N) is 2. The number of hydrogen-bond acceptors (Lipinski definition) is 4. The highest BCUT2D eigenvalue weighted by atomic mass is 32.2. The normalized spacial score (nSPS) is 26.7. The lowest BCUT2D eigenvalue weighted by molar-refractivity contribution is 0.0626. The molecule has 1 unspecified atom stereocenters. The summed E-state index contributed by atoms with van der Waals surface area (Å²) in [6.45, 7) is 2.25. The summed E-state index contributed by atoms with van der Waals surface area (Å²) in [4.78, 5) is 0. The van der Waals surface area contributed by atoms with E-state index in [1.54, 1.807) is 0 Å². The highest BCUT2D eigenvalue weighted by Crippen LogP contribution is 2.20. The fraction of sp³-hybridized carbons (Fsp3) is 1.00. The molecule has 1 saturated carbocycles. The third kappa shape index (κ3) is 3.91. The Morgan fingerprint density at radius 1 is 1.24 bits per heavy atom. The van der Waals surface area contributed by atoms with Crippen molar-refractivity contribution < 1.29 is 13.2 Å². The van der Waals surface area contributed by atoms with Gasteiger partial charge in [-0.25, -0.2) is 13.1 Å². The van der Waals surface area contributed by atoms with E-state index in [9.17, 15) is 8.42 Å². The van der Waals surface area contributed by atoms with Gasteiger partial charge in [0.15, 0.2) is 0 Å². The number of ether oxygens (including phenoxy) is 1. The van der Waals surface area contributed by atoms with Gasteiger partial charge in [-0.05, 0) is 25.8 Å². The first-order chi connectivity index (χ1) is 8.18. The Balaban J connectivity index is 1.63. The van der Waals surface area contributed by atoms with E-state index < -0.39 is 10.0 Å². The molecule has 0 aromatic carbocycles. The van der Waals surface area contributed by atoms with Crippen molar-refractivity contribution in [1.82, 2.24) is 10.0 Å². The van der Waals surface area contributed by atoms with Crippen LogP contribution in [0.4, 0.5) is 0 Å². The quantitative estimate of drug-likeness (QED) is 0.672. The minimum atomic E-state index is -3.15. The molecule has 1 aliphatic carbocycles. The van der Waals surface area contributed by atoms with Crippen LogP contribution in [-0.2, 0) is 14.8 Å². The summed E-state index contributed by atoms with van der Waals surface area (Å²) in [5.74, 6) is 0. The van der Waals surface area contributed by atoms with Crippen molar-refractivity contribution in [3.05, 3.63) is 0 Å². The molecule has 1 atom stereocenters. The Kier molecular flexibility index (Phi) is 4.78. The maximum absolute atomic E-state index is 11.8. The summed E-state index contributed by atoms with van der Waals surface area (Å²) in [5, 5.41) is 2.79. The van der Waals surface area contributed by atoms with Crippen LogP contribution >= 0.6 is 0 Å². The van der Waals surface area contributed by atoms with Gasteiger partial charge in [0.05, 0.1) is 18.0 Å². The van der Waals surface area contributed by atoms with Crippen molar-refractivity contribution in [3.8, 4) is 0 Å². The third-order valence-corrected chi connectivity index (χ3v) is 5.40. The molecule has 0 bridgehead atoms. The molecule has 2 fully saturated rings. The lowest BCUT2D eigenvalue weighted by Gasteiger charge is -2.14. The maximum atomic E-state index is 11.8. The second-order valence-electron chi connectivity index (χ2n) is 4.83. The van der Waals surface area contributed by atoms with Crippen LogP contribution in [-0.4, -0.2) is 46.0 Å². The van der Waals surface area contributed by atoms with Crippen molar-refractivity contribution in [2.75, 3.05) is 26.2 Å². The van der Waals surface area contributed by atoms with Crippen molar-refractivity contribution in [2.24, 2.45) is 0 Å². The average molecular weight is 262 g/mol. The lowest BCUT2D eigenvalue weighted by atomic mass is 10.3. The fourth-order valence-corrected chi connectivity index (χ4v) is 3.84. The van der Waals surface area contributed by atoms with Crippen LogP contribution in [0.15, 0.2) is 0 Å². The number of hydrogen-bond donors (Lipinski definition) is 2. The van der Waals surface area contributed by atoms with Crippen LogP contribution in [0.1, 0.15) is 32.1 Å². The highest BCUT2D eigenvalue weighted by molar-refractivity contribution is 7.90. The summed E-state index contributed by atoms with van der Waals surface area (Å²) in [7, 11) is -3.15. The van der Waals surface area contributed by atoms with Gasteiger partial charge in [0.2, 0.25) is 10.0 Å². The molecule has 6 heteroatoms. The molecule has 1 heterocycles. The van der Waals surface area contributed by atoms with E-state index in [0.29, 0.717) is 32.2 Å². The number of rotatable bonds is 6. The van der Waals surface area contributed by atoms with Crippen molar-refractivity contribution in [2.45, 2.75) is 43.5 Å². The van der Waals surface area contributed by atoms with E-state index in [1.165, 1.54) is 12.8 Å². The predicted molar refractivity (Wildman–Crippen MR) is 66.4 cm³/mol. The standard InChI is InChI=1S/C11H22N2O3S/c14-17(15,11-5-6-12-9-11)13-7-8-16-10-3-1-2-4-10/h10-13H,1-9H2. The molecule has 2 rings (SSSR count). The van der Waals surface area contributed by atoms with Gasteiger partial charge in [0.1, 0.15) is 0 Å². The molecule has 5 nitrogen and oxygen atoms in total. The predicted octanol–water partition coefficient (Wildman–Crippen LogP) is 0.227. The van der Waals surface area contributed by atoms with Crippen molar-refractivity contribution in [1.29, 1.82) is 0 Å². The number of sulfonamides is 1. The van der Waals surface area contributed by atoms with Crippen LogP contribution < -0.4 is 10.0 Å². The Morgan fingerprint density at radius 3 is 2.65 bits per heavy atom. The van der Waals surface area contributed by atoms with Crippen LogP contribution in [0.2, 0.25) is 0 Å². The van der Waals surface area contributed by atoms with E-state index in [1.807, 2.05) is 0 Å². The van der Waals surface area contributed by atoms with Gasteiger partial charge in [-0.15, -0.1) is 0 Å². The Labute approximate surface area is 103 Å². The van der Waals surface area contributed by atoms with E-state index >= 15 is 0 Å². The Hall–Kier alpha value is -0.170. The molecular weight excluding hydrogens is 240 g/mol. The van der Waals surface area contributed by atoms with E-state index in [4.69, 9.17) is 4.74 Å². The lowest BCUT2D eigenvalue weighted by Crippen LogP contribution is -2.37. The van der Waals surface area contributed by atoms with Gasteiger partial charge in [-0.2, -0.15) is 0 Å². The molecule has 17 heavy (non-hydrogen) atoms. The van der Waals surface area contributed by atoms with Crippen molar-refractivity contribution >= 4 is 10.0 Å². The molecule has 100 valence electrons. The molecule has 0 aromatic heterocycles. The van der Waals surface area contributed by atoms with Crippen LogP contribution in [0.25, 0.3) is 0 Å². The van der Waals surface area contributed by atoms with Crippen LogP contribution in [0.5, 0.6) is 0 Å². The van der Waals surface area contributed by atoms with Crippen molar-refractivity contribution in [3.63, 3.8) is 0 Å².